The maximum Gasteiger partial charge on any atom is 0.394 e. The van der Waals surface area contributed by atoms with E-state index in [9.17, 15) is 14.4 Å². The fourth-order valence-electron chi connectivity index (χ4n) is 1.07. The van der Waals surface area contributed by atoms with Crippen molar-refractivity contribution in [3.05, 3.63) is 0 Å². The van der Waals surface area contributed by atoms with Gasteiger partial charge in [0.05, 0.1) is 0 Å². The number of nitrogens with zero attached hydrogens (tertiary/aromatic N) is 2. The van der Waals surface area contributed by atoms with E-state index >= 15 is 0 Å². The second kappa shape index (κ2) is 3.42. The minimum absolute atomic E-state index is 0.137. The molecule has 0 atom stereocenters. The quantitative estimate of drug-likeness (QED) is 0.461. The standard InChI is InChI=1S/C7H10N2O4/c1-8-2-3-9(4-5(8)10)6(11)7(12)13/h2-4H2,1H3,(H,12,13). The number of hydrogen-bond acceptors (Lipinski definition) is 3. The lowest BCUT2D eigenvalue weighted by Crippen LogP contribution is -2.52. The average Bonchev–Trinajstić information content (AvgIpc) is 2.08. The van der Waals surface area contributed by atoms with E-state index in [1.54, 1.807) is 7.05 Å². The third kappa shape index (κ3) is 1.95. The summed E-state index contributed by atoms with van der Waals surface area (Å²) in [7, 11) is 1.62. The van der Waals surface area contributed by atoms with Crippen LogP contribution in [0.1, 0.15) is 0 Å². The molecule has 1 saturated heterocycles. The Bertz CT molecular complexity index is 263. The van der Waals surface area contributed by atoms with E-state index in [0.717, 1.165) is 4.90 Å². The van der Waals surface area contributed by atoms with E-state index in [-0.39, 0.29) is 19.0 Å². The molecule has 6 nitrogen and oxygen atoms in total. The molecule has 1 heterocycles. The van der Waals surface area contributed by atoms with Crippen molar-refractivity contribution >= 4 is 17.8 Å². The predicted molar refractivity (Wildman–Crippen MR) is 41.9 cm³/mol. The summed E-state index contributed by atoms with van der Waals surface area (Å²) in [5, 5.41) is 8.37. The van der Waals surface area contributed by atoms with Crippen LogP contribution in [0.15, 0.2) is 0 Å². The van der Waals surface area contributed by atoms with E-state index in [1.165, 1.54) is 4.90 Å². The van der Waals surface area contributed by atoms with E-state index in [1.807, 2.05) is 0 Å². The van der Waals surface area contributed by atoms with Crippen molar-refractivity contribution in [3.63, 3.8) is 0 Å². The molecule has 6 heteroatoms. The largest absolute Gasteiger partial charge is 0.474 e. The zero-order valence-corrected chi connectivity index (χ0v) is 7.19. The van der Waals surface area contributed by atoms with Crippen molar-refractivity contribution < 1.29 is 19.5 Å². The van der Waals surface area contributed by atoms with Crippen molar-refractivity contribution in [2.45, 2.75) is 0 Å². The van der Waals surface area contributed by atoms with Crippen LogP contribution in [0.2, 0.25) is 0 Å². The number of piperazine rings is 1. The molecular formula is C7H10N2O4. The van der Waals surface area contributed by atoms with Gasteiger partial charge in [-0.1, -0.05) is 0 Å². The van der Waals surface area contributed by atoms with Gasteiger partial charge in [-0.25, -0.2) is 4.79 Å². The first-order valence-electron chi connectivity index (χ1n) is 3.78. The summed E-state index contributed by atoms with van der Waals surface area (Å²) in [4.78, 5) is 34.7. The Balaban J connectivity index is 2.60. The van der Waals surface area contributed by atoms with Gasteiger partial charge in [-0.3, -0.25) is 9.59 Å². The molecule has 1 fully saturated rings. The van der Waals surface area contributed by atoms with Crippen LogP contribution in [0.4, 0.5) is 0 Å². The molecule has 0 aromatic rings. The summed E-state index contributed by atoms with van der Waals surface area (Å²) in [5.41, 5.74) is 0. The van der Waals surface area contributed by atoms with E-state index in [2.05, 4.69) is 0 Å². The van der Waals surface area contributed by atoms with Crippen LogP contribution in [-0.2, 0) is 14.4 Å². The Labute approximate surface area is 74.7 Å². The third-order valence-electron chi connectivity index (χ3n) is 1.93. The number of carbonyl (C=O) groups is 3. The molecule has 1 aliphatic rings. The van der Waals surface area contributed by atoms with Crippen LogP contribution in [0, 0.1) is 0 Å². The molecule has 0 bridgehead atoms. The van der Waals surface area contributed by atoms with Crippen molar-refractivity contribution in [2.75, 3.05) is 26.7 Å². The monoisotopic (exact) mass is 186 g/mol. The summed E-state index contributed by atoms with van der Waals surface area (Å²) in [6.07, 6.45) is 0. The summed E-state index contributed by atoms with van der Waals surface area (Å²) >= 11 is 0. The van der Waals surface area contributed by atoms with Gasteiger partial charge < -0.3 is 14.9 Å². The van der Waals surface area contributed by atoms with Crippen molar-refractivity contribution in [3.8, 4) is 0 Å². The molecule has 0 aromatic carbocycles. The first-order chi connectivity index (χ1) is 6.02. The highest BCUT2D eigenvalue weighted by molar-refractivity contribution is 6.31. The summed E-state index contributed by atoms with van der Waals surface area (Å²) < 4.78 is 0. The van der Waals surface area contributed by atoms with Crippen molar-refractivity contribution in [2.24, 2.45) is 0 Å². The van der Waals surface area contributed by atoms with Crippen LogP contribution < -0.4 is 0 Å². The minimum Gasteiger partial charge on any atom is -0.474 e. The lowest BCUT2D eigenvalue weighted by molar-refractivity contribution is -0.158. The first-order valence-corrected chi connectivity index (χ1v) is 3.78. The van der Waals surface area contributed by atoms with Crippen molar-refractivity contribution in [1.82, 2.24) is 9.80 Å². The van der Waals surface area contributed by atoms with Crippen LogP contribution in [0.3, 0.4) is 0 Å². The van der Waals surface area contributed by atoms with Crippen LogP contribution in [0.5, 0.6) is 0 Å². The zero-order valence-electron chi connectivity index (χ0n) is 7.19. The van der Waals surface area contributed by atoms with Crippen LogP contribution >= 0.6 is 0 Å². The highest BCUT2D eigenvalue weighted by Crippen LogP contribution is 2.00. The van der Waals surface area contributed by atoms with Gasteiger partial charge in [0.2, 0.25) is 5.91 Å². The van der Waals surface area contributed by atoms with Gasteiger partial charge in [0, 0.05) is 20.1 Å². The molecule has 1 N–H and O–H groups in total. The number of rotatable bonds is 0. The second-order valence-corrected chi connectivity index (χ2v) is 2.85. The third-order valence-corrected chi connectivity index (χ3v) is 1.93. The Morgan fingerprint density at radius 2 is 2.00 bits per heavy atom. The molecule has 0 aromatic heterocycles. The van der Waals surface area contributed by atoms with E-state index in [0.29, 0.717) is 6.54 Å². The van der Waals surface area contributed by atoms with Gasteiger partial charge in [0.15, 0.2) is 0 Å². The van der Waals surface area contributed by atoms with Crippen LogP contribution in [-0.4, -0.2) is 59.4 Å². The van der Waals surface area contributed by atoms with Crippen molar-refractivity contribution in [1.29, 1.82) is 0 Å². The Morgan fingerprint density at radius 1 is 1.38 bits per heavy atom. The maximum absolute atomic E-state index is 11.1. The fourth-order valence-corrected chi connectivity index (χ4v) is 1.07. The van der Waals surface area contributed by atoms with E-state index < -0.39 is 11.9 Å². The lowest BCUT2D eigenvalue weighted by atomic mass is 10.3. The van der Waals surface area contributed by atoms with Gasteiger partial charge in [-0.15, -0.1) is 0 Å². The van der Waals surface area contributed by atoms with Crippen LogP contribution in [0.25, 0.3) is 0 Å². The molecule has 0 radical (unpaired) electrons. The molecular weight excluding hydrogens is 176 g/mol. The Morgan fingerprint density at radius 3 is 2.46 bits per heavy atom. The van der Waals surface area contributed by atoms with E-state index in [4.69, 9.17) is 5.11 Å². The highest BCUT2D eigenvalue weighted by Gasteiger charge is 2.28. The number of carboxylic acid groups (broad SMARTS) is 1. The fraction of sp³-hybridized carbons (Fsp3) is 0.571. The maximum atomic E-state index is 11.1. The molecule has 0 aliphatic carbocycles. The molecule has 2 amide bonds. The molecule has 1 aliphatic heterocycles. The molecule has 0 unspecified atom stereocenters. The Kier molecular flexibility index (Phi) is 2.50. The molecule has 0 saturated carbocycles. The minimum atomic E-state index is -1.52. The number of carbonyl (C=O) groups excluding carboxylic acids is 2. The Hall–Kier alpha value is -1.59. The number of hydrogen-bond donors (Lipinski definition) is 1. The van der Waals surface area contributed by atoms with Gasteiger partial charge in [0.1, 0.15) is 6.54 Å². The highest BCUT2D eigenvalue weighted by atomic mass is 16.4. The molecule has 13 heavy (non-hydrogen) atoms. The predicted octanol–water partition coefficient (Wildman–Crippen LogP) is -1.63. The summed E-state index contributed by atoms with van der Waals surface area (Å²) in [6, 6.07) is 0. The summed E-state index contributed by atoms with van der Waals surface area (Å²) in [5.74, 6) is -2.76. The van der Waals surface area contributed by atoms with Gasteiger partial charge in [-0.2, -0.15) is 0 Å². The zero-order chi connectivity index (χ0) is 10.0. The lowest BCUT2D eigenvalue weighted by Gasteiger charge is -2.30. The van der Waals surface area contributed by atoms with Gasteiger partial charge in [-0.05, 0) is 0 Å². The molecule has 1 rings (SSSR count). The van der Waals surface area contributed by atoms with Gasteiger partial charge in [0.25, 0.3) is 0 Å². The topological polar surface area (TPSA) is 77.9 Å². The normalized spacial score (nSPS) is 17.5. The molecule has 0 spiro atoms. The number of amides is 2. The first kappa shape index (κ1) is 9.50. The number of carboxylic acids is 1. The SMILES string of the molecule is CN1CCN(C(=O)C(=O)O)CC1=O. The second-order valence-electron chi connectivity index (χ2n) is 2.85. The van der Waals surface area contributed by atoms with Gasteiger partial charge >= 0.3 is 11.9 Å². The average molecular weight is 186 g/mol. The number of aliphatic carboxylic acids is 1. The summed E-state index contributed by atoms with van der Waals surface area (Å²) in [6.45, 7) is 0.535. The number of likely N-dealkylation sites (N-methyl/N-ethyl adjacent to an activating group) is 1. The molecule has 72 valence electrons. The smallest absolute Gasteiger partial charge is 0.394 e.